The Kier molecular flexibility index (Phi) is 4.05. The minimum atomic E-state index is -0.694. The van der Waals surface area contributed by atoms with Crippen LogP contribution < -0.4 is 15.9 Å². The van der Waals surface area contributed by atoms with Crippen LogP contribution in [-0.2, 0) is 0 Å². The lowest BCUT2D eigenvalue weighted by Crippen LogP contribution is -2.24. The first-order valence-electron chi connectivity index (χ1n) is 6.03. The molecule has 3 N–H and O–H groups in total. The Hall–Kier alpha value is -2.76. The highest BCUT2D eigenvalue weighted by molar-refractivity contribution is 5.81. The van der Waals surface area contributed by atoms with Gasteiger partial charge in [0.05, 0.1) is 19.0 Å². The molecule has 0 saturated carbocycles. The van der Waals surface area contributed by atoms with E-state index in [1.54, 1.807) is 13.3 Å². The van der Waals surface area contributed by atoms with Crippen LogP contribution in [0.15, 0.2) is 41.5 Å². The summed E-state index contributed by atoms with van der Waals surface area (Å²) in [6, 6.07) is 10.9. The number of nitrogens with one attached hydrogen (secondary N) is 1. The van der Waals surface area contributed by atoms with Crippen molar-refractivity contribution in [2.24, 2.45) is 10.8 Å². The van der Waals surface area contributed by atoms with Gasteiger partial charge in [0, 0.05) is 11.4 Å². The molecule has 0 unspecified atom stereocenters. The number of hydrogen-bond donors (Lipinski definition) is 2. The molecule has 0 bridgehead atoms. The van der Waals surface area contributed by atoms with E-state index in [4.69, 9.17) is 10.5 Å². The highest BCUT2D eigenvalue weighted by atomic mass is 16.5. The minimum absolute atomic E-state index is 0.694. The Morgan fingerprint density at radius 1 is 1.30 bits per heavy atom. The average molecular weight is 272 g/mol. The second kappa shape index (κ2) is 5.92. The Labute approximate surface area is 116 Å². The van der Waals surface area contributed by atoms with Gasteiger partial charge in [0.25, 0.3) is 0 Å². The number of hydrogen-bond acceptors (Lipinski definition) is 3. The largest absolute Gasteiger partial charge is 0.497 e. The zero-order valence-electron chi connectivity index (χ0n) is 11.3. The molecule has 0 aliphatic heterocycles. The maximum Gasteiger partial charge on any atom is 0.332 e. The molecule has 6 nitrogen and oxygen atoms in total. The number of hydrazone groups is 1. The predicted octanol–water partition coefficient (Wildman–Crippen LogP) is 1.80. The highest BCUT2D eigenvalue weighted by Gasteiger charge is 2.06. The van der Waals surface area contributed by atoms with Crippen molar-refractivity contribution in [2.75, 3.05) is 7.11 Å². The maximum absolute atomic E-state index is 10.6. The van der Waals surface area contributed by atoms with Gasteiger partial charge in [-0.2, -0.15) is 5.10 Å². The zero-order valence-corrected chi connectivity index (χ0v) is 11.3. The molecule has 0 radical (unpaired) electrons. The van der Waals surface area contributed by atoms with Gasteiger partial charge in [0.15, 0.2) is 0 Å². The zero-order chi connectivity index (χ0) is 14.5. The number of aryl methyl sites for hydroxylation is 1. The number of carbonyl (C=O) groups is 1. The number of methoxy groups -OCH3 is 1. The summed E-state index contributed by atoms with van der Waals surface area (Å²) in [6.07, 6.45) is 1.54. The maximum atomic E-state index is 10.6. The molecule has 0 atom stereocenters. The summed E-state index contributed by atoms with van der Waals surface area (Å²) < 4.78 is 7.15. The molecule has 1 aromatic heterocycles. The quantitative estimate of drug-likeness (QED) is 0.657. The first-order valence-corrected chi connectivity index (χ1v) is 6.03. The number of aromatic nitrogens is 1. The van der Waals surface area contributed by atoms with Gasteiger partial charge in [-0.1, -0.05) is 0 Å². The van der Waals surface area contributed by atoms with Crippen molar-refractivity contribution in [3.8, 4) is 11.4 Å². The number of benzene rings is 1. The van der Waals surface area contributed by atoms with Gasteiger partial charge in [-0.3, -0.25) is 0 Å². The van der Waals surface area contributed by atoms with E-state index >= 15 is 0 Å². The van der Waals surface area contributed by atoms with Crippen molar-refractivity contribution in [2.45, 2.75) is 6.92 Å². The molecule has 0 fully saturated rings. The molecule has 1 heterocycles. The molecule has 1 aromatic carbocycles. The fourth-order valence-electron chi connectivity index (χ4n) is 1.91. The fraction of sp³-hybridized carbons (Fsp3) is 0.143. The van der Waals surface area contributed by atoms with Crippen LogP contribution in [0.4, 0.5) is 4.79 Å². The summed E-state index contributed by atoms with van der Waals surface area (Å²) in [5.74, 6) is 0.796. The van der Waals surface area contributed by atoms with E-state index in [1.165, 1.54) is 0 Å². The number of carbonyl (C=O) groups excluding carboxylic acids is 1. The number of ether oxygens (including phenoxy) is 1. The van der Waals surface area contributed by atoms with Crippen LogP contribution in [0.25, 0.3) is 5.69 Å². The summed E-state index contributed by atoms with van der Waals surface area (Å²) >= 11 is 0. The highest BCUT2D eigenvalue weighted by Crippen LogP contribution is 2.19. The molecular weight excluding hydrogens is 256 g/mol. The van der Waals surface area contributed by atoms with Gasteiger partial charge in [0.1, 0.15) is 5.75 Å². The van der Waals surface area contributed by atoms with Crippen LogP contribution in [0.2, 0.25) is 0 Å². The molecule has 2 aromatic rings. The Balaban J connectivity index is 2.32. The van der Waals surface area contributed by atoms with E-state index in [9.17, 15) is 4.79 Å². The van der Waals surface area contributed by atoms with Crippen LogP contribution in [0.3, 0.4) is 0 Å². The third-order valence-electron chi connectivity index (χ3n) is 2.81. The van der Waals surface area contributed by atoms with E-state index in [0.29, 0.717) is 0 Å². The van der Waals surface area contributed by atoms with Gasteiger partial charge < -0.3 is 15.0 Å². The van der Waals surface area contributed by atoms with E-state index < -0.39 is 6.03 Å². The summed E-state index contributed by atoms with van der Waals surface area (Å²) in [6.45, 7) is 1.99. The van der Waals surface area contributed by atoms with Crippen LogP contribution in [0.5, 0.6) is 5.75 Å². The van der Waals surface area contributed by atoms with Crippen LogP contribution in [-0.4, -0.2) is 23.9 Å². The van der Waals surface area contributed by atoms with Crippen molar-refractivity contribution >= 4 is 12.2 Å². The molecule has 2 amide bonds. The normalized spacial score (nSPS) is 10.7. The topological polar surface area (TPSA) is 81.6 Å². The van der Waals surface area contributed by atoms with E-state index in [-0.39, 0.29) is 0 Å². The van der Waals surface area contributed by atoms with Gasteiger partial charge in [0.2, 0.25) is 0 Å². The molecule has 0 spiro atoms. The number of urea groups is 1. The van der Waals surface area contributed by atoms with Crippen LogP contribution in [0.1, 0.15) is 11.4 Å². The number of amides is 2. The third kappa shape index (κ3) is 2.97. The number of primary amides is 1. The molecule has 104 valence electrons. The Bertz CT molecular complexity index is 629. The average Bonchev–Trinajstić information content (AvgIpc) is 2.80. The second-order valence-corrected chi connectivity index (χ2v) is 4.17. The molecule has 0 aliphatic rings. The van der Waals surface area contributed by atoms with Crippen molar-refractivity contribution in [3.63, 3.8) is 0 Å². The molecule has 2 rings (SSSR count). The standard InChI is InChI=1S/C14H16N4O2/c1-10-3-4-12(9-16-17-14(15)19)18(10)11-5-7-13(20-2)8-6-11/h3-9H,1-2H3,(H3,15,17,19)/b16-9+. The summed E-state index contributed by atoms with van der Waals surface area (Å²) in [7, 11) is 1.63. The molecule has 0 saturated heterocycles. The fourth-order valence-corrected chi connectivity index (χ4v) is 1.91. The SMILES string of the molecule is COc1ccc(-n2c(C)ccc2/C=N/NC(N)=O)cc1. The van der Waals surface area contributed by atoms with Gasteiger partial charge in [-0.05, 0) is 43.3 Å². The second-order valence-electron chi connectivity index (χ2n) is 4.17. The Morgan fingerprint density at radius 2 is 2.00 bits per heavy atom. The lowest BCUT2D eigenvalue weighted by Gasteiger charge is -2.10. The molecule has 20 heavy (non-hydrogen) atoms. The summed E-state index contributed by atoms with van der Waals surface area (Å²) in [5, 5.41) is 3.78. The first kappa shape index (κ1) is 13.7. The molecular formula is C14H16N4O2. The summed E-state index contributed by atoms with van der Waals surface area (Å²) in [4.78, 5) is 10.6. The first-order chi connectivity index (χ1) is 9.61. The Morgan fingerprint density at radius 3 is 2.60 bits per heavy atom. The van der Waals surface area contributed by atoms with Crippen molar-refractivity contribution in [1.82, 2.24) is 9.99 Å². The van der Waals surface area contributed by atoms with E-state index in [1.807, 2.05) is 47.9 Å². The minimum Gasteiger partial charge on any atom is -0.497 e. The van der Waals surface area contributed by atoms with Crippen LogP contribution >= 0.6 is 0 Å². The van der Waals surface area contributed by atoms with Gasteiger partial charge >= 0.3 is 6.03 Å². The molecule has 0 aliphatic carbocycles. The van der Waals surface area contributed by atoms with Gasteiger partial charge in [-0.15, -0.1) is 0 Å². The van der Waals surface area contributed by atoms with Gasteiger partial charge in [-0.25, -0.2) is 10.2 Å². The number of rotatable bonds is 4. The van der Waals surface area contributed by atoms with E-state index in [2.05, 4.69) is 10.5 Å². The molecule has 6 heteroatoms. The number of nitrogens with zero attached hydrogens (tertiary/aromatic N) is 2. The third-order valence-corrected chi connectivity index (χ3v) is 2.81. The predicted molar refractivity (Wildman–Crippen MR) is 77.4 cm³/mol. The number of nitrogens with two attached hydrogens (primary N) is 1. The monoisotopic (exact) mass is 272 g/mol. The lowest BCUT2D eigenvalue weighted by molar-refractivity contribution is 0.249. The lowest BCUT2D eigenvalue weighted by atomic mass is 10.3. The van der Waals surface area contributed by atoms with Crippen LogP contribution in [0, 0.1) is 6.92 Å². The summed E-state index contributed by atoms with van der Waals surface area (Å²) in [5.41, 5.74) is 10.0. The van der Waals surface area contributed by atoms with Crippen molar-refractivity contribution < 1.29 is 9.53 Å². The smallest absolute Gasteiger partial charge is 0.332 e. The van der Waals surface area contributed by atoms with Crippen molar-refractivity contribution in [3.05, 3.63) is 47.8 Å². The van der Waals surface area contributed by atoms with E-state index in [0.717, 1.165) is 22.8 Å². The van der Waals surface area contributed by atoms with Crippen molar-refractivity contribution in [1.29, 1.82) is 0 Å².